The number of fused-ring (bicyclic) bond motifs is 3. The Morgan fingerprint density at radius 3 is 2.03 bits per heavy atom. The van der Waals surface area contributed by atoms with E-state index in [-0.39, 0.29) is 12.0 Å². The second-order valence-corrected chi connectivity index (χ2v) is 8.88. The van der Waals surface area contributed by atoms with Gasteiger partial charge in [-0.2, -0.15) is 0 Å². The maximum absolute atomic E-state index is 12.3. The van der Waals surface area contributed by atoms with Crippen molar-refractivity contribution in [2.45, 2.75) is 50.4 Å². The second kappa shape index (κ2) is 7.71. The number of hydrogen-bond acceptors (Lipinski definition) is 3. The summed E-state index contributed by atoms with van der Waals surface area (Å²) in [6.07, 6.45) is 2.76. The molecule has 30 heavy (non-hydrogen) atoms. The van der Waals surface area contributed by atoms with E-state index in [0.717, 1.165) is 25.7 Å². The van der Waals surface area contributed by atoms with Crippen molar-refractivity contribution >= 4 is 6.09 Å². The van der Waals surface area contributed by atoms with Gasteiger partial charge in [0, 0.05) is 24.4 Å². The van der Waals surface area contributed by atoms with E-state index in [1.54, 1.807) is 4.90 Å². The summed E-state index contributed by atoms with van der Waals surface area (Å²) in [6.45, 7) is 3.84. The van der Waals surface area contributed by atoms with Crippen molar-refractivity contribution in [3.8, 4) is 11.1 Å². The van der Waals surface area contributed by atoms with Crippen molar-refractivity contribution in [1.82, 2.24) is 4.90 Å². The summed E-state index contributed by atoms with van der Waals surface area (Å²) >= 11 is 0. The molecule has 0 spiro atoms. The Kier molecular flexibility index (Phi) is 5.03. The molecule has 2 aromatic carbocycles. The minimum atomic E-state index is -0.820. The molecule has 5 rings (SSSR count). The Morgan fingerprint density at radius 1 is 0.967 bits per heavy atom. The highest BCUT2D eigenvalue weighted by Crippen LogP contribution is 2.46. The quantitative estimate of drug-likeness (QED) is 0.766. The molecular weight excluding hydrogens is 378 g/mol. The minimum Gasteiger partial charge on any atom is -0.465 e. The summed E-state index contributed by atoms with van der Waals surface area (Å²) < 4.78 is 11.7. The molecule has 0 aromatic heterocycles. The summed E-state index contributed by atoms with van der Waals surface area (Å²) in [5, 5.41) is 10.1. The van der Waals surface area contributed by atoms with E-state index in [1.165, 1.54) is 22.3 Å². The maximum Gasteiger partial charge on any atom is 0.407 e. The average Bonchev–Trinajstić information content (AvgIpc) is 3.35. The number of benzene rings is 2. The van der Waals surface area contributed by atoms with Crippen molar-refractivity contribution in [3.05, 3.63) is 59.7 Å². The summed E-state index contributed by atoms with van der Waals surface area (Å²) in [5.74, 6) is -0.0763. The lowest BCUT2D eigenvalue weighted by Crippen LogP contribution is -2.46. The van der Waals surface area contributed by atoms with Gasteiger partial charge in [-0.15, -0.1) is 0 Å². The molecule has 2 aromatic rings. The van der Waals surface area contributed by atoms with Gasteiger partial charge in [0.1, 0.15) is 0 Å². The van der Waals surface area contributed by atoms with Gasteiger partial charge in [0.2, 0.25) is 0 Å². The molecule has 1 saturated carbocycles. The lowest BCUT2D eigenvalue weighted by atomic mass is 9.80. The van der Waals surface area contributed by atoms with E-state index in [9.17, 15) is 9.90 Å². The molecule has 158 valence electrons. The molecule has 1 saturated heterocycles. The van der Waals surface area contributed by atoms with Gasteiger partial charge in [0.15, 0.2) is 5.79 Å². The minimum absolute atomic E-state index is 0.0451. The number of nitrogens with zero attached hydrogens (tertiary/aromatic N) is 1. The van der Waals surface area contributed by atoms with E-state index in [2.05, 4.69) is 48.5 Å². The Hall–Kier alpha value is -2.37. The normalized spacial score (nSPS) is 25.0. The zero-order valence-corrected chi connectivity index (χ0v) is 17.4. The average molecular weight is 408 g/mol. The number of amides is 1. The summed E-state index contributed by atoms with van der Waals surface area (Å²) in [4.78, 5) is 14.0. The Morgan fingerprint density at radius 2 is 1.50 bits per heavy atom. The zero-order chi connectivity index (χ0) is 20.7. The highest BCUT2D eigenvalue weighted by Gasteiger charge is 2.43. The molecule has 0 radical (unpaired) electrons. The molecule has 1 aliphatic heterocycles. The van der Waals surface area contributed by atoms with Crippen LogP contribution in [-0.4, -0.2) is 47.7 Å². The van der Waals surface area contributed by atoms with Crippen molar-refractivity contribution in [1.29, 1.82) is 0 Å². The van der Waals surface area contributed by atoms with Crippen LogP contribution >= 0.6 is 0 Å². The van der Waals surface area contributed by atoms with Crippen molar-refractivity contribution in [3.63, 3.8) is 0 Å². The van der Waals surface area contributed by atoms with Crippen LogP contribution in [0.5, 0.6) is 0 Å². The molecule has 5 heteroatoms. The van der Waals surface area contributed by atoms with Crippen LogP contribution in [0.2, 0.25) is 0 Å². The van der Waals surface area contributed by atoms with Crippen LogP contribution in [0, 0.1) is 5.92 Å². The molecule has 2 fully saturated rings. The molecule has 0 unspecified atom stereocenters. The van der Waals surface area contributed by atoms with Gasteiger partial charge in [-0.1, -0.05) is 48.5 Å². The molecule has 0 bridgehead atoms. The van der Waals surface area contributed by atoms with Crippen molar-refractivity contribution in [2.24, 2.45) is 5.92 Å². The van der Waals surface area contributed by atoms with Gasteiger partial charge in [-0.3, -0.25) is 0 Å². The lowest BCUT2D eigenvalue weighted by molar-refractivity contribution is -0.189. The molecule has 0 atom stereocenters. The number of carboxylic acid groups (broad SMARTS) is 1. The smallest absolute Gasteiger partial charge is 0.407 e. The number of rotatable bonds is 4. The topological polar surface area (TPSA) is 59.0 Å². The SMILES string of the molecule is CC1(C2CCC(N(CC3c4ccccc4-c4ccccc43)C(=O)O)CC2)OCCO1. The molecule has 1 heterocycles. The first-order chi connectivity index (χ1) is 14.6. The zero-order valence-electron chi connectivity index (χ0n) is 17.4. The van der Waals surface area contributed by atoms with Crippen LogP contribution in [0.4, 0.5) is 4.79 Å². The summed E-state index contributed by atoms with van der Waals surface area (Å²) in [7, 11) is 0. The second-order valence-electron chi connectivity index (χ2n) is 8.88. The fourth-order valence-corrected chi connectivity index (χ4v) is 5.71. The van der Waals surface area contributed by atoms with Crippen LogP contribution < -0.4 is 0 Å². The van der Waals surface area contributed by atoms with Gasteiger partial charge in [-0.05, 0) is 54.9 Å². The largest absolute Gasteiger partial charge is 0.465 e. The van der Waals surface area contributed by atoms with Crippen LogP contribution in [0.25, 0.3) is 11.1 Å². The van der Waals surface area contributed by atoms with E-state index in [0.29, 0.717) is 25.7 Å². The highest BCUT2D eigenvalue weighted by atomic mass is 16.7. The van der Waals surface area contributed by atoms with Crippen LogP contribution in [-0.2, 0) is 9.47 Å². The predicted molar refractivity (Wildman–Crippen MR) is 115 cm³/mol. The highest BCUT2D eigenvalue weighted by molar-refractivity contribution is 5.79. The van der Waals surface area contributed by atoms with E-state index in [4.69, 9.17) is 9.47 Å². The Balaban J connectivity index is 1.35. The van der Waals surface area contributed by atoms with Gasteiger partial charge < -0.3 is 19.5 Å². The fourth-order valence-electron chi connectivity index (χ4n) is 5.71. The van der Waals surface area contributed by atoms with E-state index in [1.807, 2.05) is 6.92 Å². The van der Waals surface area contributed by atoms with Crippen LogP contribution in [0.1, 0.15) is 49.7 Å². The number of ether oxygens (including phenoxy) is 2. The predicted octanol–water partition coefficient (Wildman–Crippen LogP) is 5.10. The standard InChI is InChI=1S/C25H29NO4/c1-25(29-14-15-30-25)17-10-12-18(13-11-17)26(24(27)28)16-23-21-8-4-2-6-19(21)20-7-3-5-9-22(20)23/h2-9,17-18,23H,10-16H2,1H3,(H,27,28). The Labute approximate surface area is 177 Å². The molecule has 2 aliphatic carbocycles. The first kappa shape index (κ1) is 19.6. The number of hydrogen-bond donors (Lipinski definition) is 1. The van der Waals surface area contributed by atoms with Crippen molar-refractivity contribution in [2.75, 3.05) is 19.8 Å². The van der Waals surface area contributed by atoms with Crippen LogP contribution in [0.3, 0.4) is 0 Å². The van der Waals surface area contributed by atoms with Crippen LogP contribution in [0.15, 0.2) is 48.5 Å². The third-order valence-corrected chi connectivity index (χ3v) is 7.33. The molecule has 1 amide bonds. The summed E-state index contributed by atoms with van der Waals surface area (Å²) in [5.41, 5.74) is 4.93. The first-order valence-corrected chi connectivity index (χ1v) is 11.0. The van der Waals surface area contributed by atoms with Gasteiger partial charge in [0.25, 0.3) is 0 Å². The third kappa shape index (κ3) is 3.30. The van der Waals surface area contributed by atoms with E-state index >= 15 is 0 Å². The van der Waals surface area contributed by atoms with Gasteiger partial charge >= 0.3 is 6.09 Å². The first-order valence-electron chi connectivity index (χ1n) is 11.0. The monoisotopic (exact) mass is 407 g/mol. The summed E-state index contributed by atoms with van der Waals surface area (Å²) in [6, 6.07) is 16.8. The third-order valence-electron chi connectivity index (χ3n) is 7.33. The van der Waals surface area contributed by atoms with E-state index < -0.39 is 11.9 Å². The maximum atomic E-state index is 12.3. The molecule has 3 aliphatic rings. The lowest BCUT2D eigenvalue weighted by Gasteiger charge is -2.41. The number of carbonyl (C=O) groups is 1. The Bertz CT molecular complexity index is 883. The molecular formula is C25H29NO4. The molecule has 1 N–H and O–H groups in total. The van der Waals surface area contributed by atoms with Crippen molar-refractivity contribution < 1.29 is 19.4 Å². The molecule has 5 nitrogen and oxygen atoms in total. The van der Waals surface area contributed by atoms with Gasteiger partial charge in [0.05, 0.1) is 13.2 Å². The van der Waals surface area contributed by atoms with Gasteiger partial charge in [-0.25, -0.2) is 4.79 Å². The fraction of sp³-hybridized carbons (Fsp3) is 0.480.